The van der Waals surface area contributed by atoms with Gasteiger partial charge in [0.2, 0.25) is 0 Å². The first kappa shape index (κ1) is 20.0. The van der Waals surface area contributed by atoms with Crippen LogP contribution < -0.4 is 4.90 Å². The molecule has 4 rings (SSSR count). The van der Waals surface area contributed by atoms with Crippen molar-refractivity contribution in [3.63, 3.8) is 0 Å². The minimum atomic E-state index is -0.131. The largest absolute Gasteiger partial charge is 0.450 e. The van der Waals surface area contributed by atoms with Gasteiger partial charge in [0.25, 0.3) is 0 Å². The Morgan fingerprint density at radius 3 is 2.41 bits per heavy atom. The second-order valence-electron chi connectivity index (χ2n) is 8.53. The van der Waals surface area contributed by atoms with Crippen molar-refractivity contribution < 1.29 is 9.53 Å². The number of fused-ring (bicyclic) bond motifs is 2. The molecule has 156 valence electrons. The van der Waals surface area contributed by atoms with E-state index in [1.165, 1.54) is 0 Å². The number of pyridine rings is 1. The van der Waals surface area contributed by atoms with Gasteiger partial charge in [-0.05, 0) is 58.1 Å². The van der Waals surface area contributed by atoms with Crippen LogP contribution in [-0.2, 0) is 4.74 Å². The first-order valence-electron chi connectivity index (χ1n) is 10.8. The van der Waals surface area contributed by atoms with Gasteiger partial charge < -0.3 is 14.5 Å². The van der Waals surface area contributed by atoms with E-state index in [2.05, 4.69) is 20.9 Å². The van der Waals surface area contributed by atoms with Crippen molar-refractivity contribution in [2.75, 3.05) is 37.7 Å². The molecule has 3 saturated heterocycles. The van der Waals surface area contributed by atoms with Crippen LogP contribution in [0, 0.1) is 25.2 Å². The van der Waals surface area contributed by atoms with Crippen molar-refractivity contribution in [2.45, 2.75) is 64.6 Å². The number of carbonyl (C=O) groups is 1. The number of aryl methyl sites for hydroxylation is 2. The molecule has 0 spiro atoms. The zero-order valence-electron chi connectivity index (χ0n) is 17.7. The molecule has 7 heteroatoms. The van der Waals surface area contributed by atoms with Crippen LogP contribution in [0.15, 0.2) is 6.07 Å². The second-order valence-corrected chi connectivity index (χ2v) is 8.53. The van der Waals surface area contributed by atoms with Gasteiger partial charge >= 0.3 is 6.09 Å². The molecule has 0 aliphatic carbocycles. The Morgan fingerprint density at radius 2 is 1.83 bits per heavy atom. The van der Waals surface area contributed by atoms with Gasteiger partial charge in [-0.2, -0.15) is 5.26 Å². The Hall–Kier alpha value is -2.33. The van der Waals surface area contributed by atoms with E-state index in [4.69, 9.17) is 4.74 Å². The van der Waals surface area contributed by atoms with Crippen LogP contribution in [0.1, 0.15) is 49.4 Å². The van der Waals surface area contributed by atoms with Crippen molar-refractivity contribution in [1.82, 2.24) is 14.8 Å². The number of aromatic nitrogens is 1. The number of hydrogen-bond donors (Lipinski definition) is 0. The number of piperidine rings is 1. The van der Waals surface area contributed by atoms with Gasteiger partial charge in [0.1, 0.15) is 11.9 Å². The fraction of sp³-hybridized carbons (Fsp3) is 0.682. The number of piperazine rings is 1. The van der Waals surface area contributed by atoms with Crippen LogP contribution in [0.3, 0.4) is 0 Å². The molecular formula is C22H31N5O2. The first-order chi connectivity index (χ1) is 14.0. The van der Waals surface area contributed by atoms with Gasteiger partial charge in [0.05, 0.1) is 12.2 Å². The molecular weight excluding hydrogens is 366 g/mol. The monoisotopic (exact) mass is 397 g/mol. The third kappa shape index (κ3) is 3.78. The van der Waals surface area contributed by atoms with Crippen molar-refractivity contribution >= 4 is 11.9 Å². The highest BCUT2D eigenvalue weighted by Gasteiger charge is 2.45. The molecule has 2 unspecified atom stereocenters. The maximum absolute atomic E-state index is 12.3. The molecule has 7 nitrogen and oxygen atoms in total. The number of ether oxygens (including phenoxy) is 1. The molecule has 0 N–H and O–H groups in total. The summed E-state index contributed by atoms with van der Waals surface area (Å²) < 4.78 is 5.28. The summed E-state index contributed by atoms with van der Waals surface area (Å²) in [5.74, 6) is 0.835. The Morgan fingerprint density at radius 1 is 1.17 bits per heavy atom. The highest BCUT2D eigenvalue weighted by molar-refractivity contribution is 5.69. The number of hydrogen-bond acceptors (Lipinski definition) is 6. The van der Waals surface area contributed by atoms with E-state index < -0.39 is 0 Å². The van der Waals surface area contributed by atoms with Gasteiger partial charge in [0, 0.05) is 50.0 Å². The summed E-state index contributed by atoms with van der Waals surface area (Å²) in [4.78, 5) is 23.8. The summed E-state index contributed by atoms with van der Waals surface area (Å²) >= 11 is 0. The second kappa shape index (κ2) is 8.19. The quantitative estimate of drug-likeness (QED) is 0.781. The molecule has 4 heterocycles. The summed E-state index contributed by atoms with van der Waals surface area (Å²) in [5, 5.41) is 9.58. The van der Waals surface area contributed by atoms with Gasteiger partial charge in [-0.1, -0.05) is 0 Å². The van der Waals surface area contributed by atoms with Crippen LogP contribution in [0.2, 0.25) is 0 Å². The van der Waals surface area contributed by atoms with E-state index in [-0.39, 0.29) is 6.09 Å². The van der Waals surface area contributed by atoms with Crippen LogP contribution in [-0.4, -0.2) is 71.8 Å². The van der Waals surface area contributed by atoms with Crippen LogP contribution >= 0.6 is 0 Å². The minimum absolute atomic E-state index is 0.131. The fourth-order valence-electron chi connectivity index (χ4n) is 5.43. The van der Waals surface area contributed by atoms with E-state index in [1.54, 1.807) is 0 Å². The normalized spacial score (nSPS) is 27.0. The molecule has 1 aromatic heterocycles. The van der Waals surface area contributed by atoms with E-state index in [9.17, 15) is 10.1 Å². The molecule has 3 aliphatic heterocycles. The Labute approximate surface area is 173 Å². The van der Waals surface area contributed by atoms with Crippen molar-refractivity contribution in [3.8, 4) is 6.07 Å². The lowest BCUT2D eigenvalue weighted by Crippen LogP contribution is -2.57. The highest BCUT2D eigenvalue weighted by atomic mass is 16.6. The molecule has 1 amide bonds. The maximum Gasteiger partial charge on any atom is 0.410 e. The zero-order chi connectivity index (χ0) is 20.5. The molecule has 1 aromatic rings. The van der Waals surface area contributed by atoms with Crippen molar-refractivity contribution in [1.29, 1.82) is 5.26 Å². The number of rotatable bonds is 3. The molecule has 2 atom stereocenters. The summed E-state index contributed by atoms with van der Waals surface area (Å²) in [7, 11) is 0. The van der Waals surface area contributed by atoms with Crippen molar-refractivity contribution in [3.05, 3.63) is 22.9 Å². The summed E-state index contributed by atoms with van der Waals surface area (Å²) in [5.41, 5.74) is 2.66. The predicted molar refractivity (Wildman–Crippen MR) is 111 cm³/mol. The van der Waals surface area contributed by atoms with Gasteiger partial charge in [-0.25, -0.2) is 9.78 Å². The lowest BCUT2D eigenvalue weighted by Gasteiger charge is -2.45. The van der Waals surface area contributed by atoms with Crippen LogP contribution in [0.25, 0.3) is 0 Å². The molecule has 2 bridgehead atoms. The lowest BCUT2D eigenvalue weighted by atomic mass is 9.95. The van der Waals surface area contributed by atoms with Gasteiger partial charge in [-0.3, -0.25) is 4.90 Å². The Bertz CT molecular complexity index is 798. The Balaban J connectivity index is 1.39. The zero-order valence-corrected chi connectivity index (χ0v) is 17.7. The van der Waals surface area contributed by atoms with E-state index in [1.807, 2.05) is 31.7 Å². The molecule has 3 fully saturated rings. The van der Waals surface area contributed by atoms with E-state index in [0.717, 1.165) is 68.9 Å². The third-order valence-corrected chi connectivity index (χ3v) is 6.75. The maximum atomic E-state index is 12.3. The van der Waals surface area contributed by atoms with Crippen molar-refractivity contribution in [2.24, 2.45) is 0 Å². The molecule has 29 heavy (non-hydrogen) atoms. The van der Waals surface area contributed by atoms with Gasteiger partial charge in [-0.15, -0.1) is 0 Å². The molecule has 0 radical (unpaired) electrons. The average Bonchev–Trinajstić information content (AvgIpc) is 2.97. The summed E-state index contributed by atoms with van der Waals surface area (Å²) in [6, 6.07) is 5.49. The highest BCUT2D eigenvalue weighted by Crippen LogP contribution is 2.38. The predicted octanol–water partition coefficient (Wildman–Crippen LogP) is 2.84. The standard InChI is InChI=1S/C22H31N5O2/c1-4-29-22(28)27-17-5-6-18(27)13-19(12-17)25-7-9-26(10-8-25)21-20(14-23)15(2)11-16(3)24-21/h11,17-19H,4-10,12-13H2,1-3H3. The van der Waals surface area contributed by atoms with Crippen LogP contribution in [0.4, 0.5) is 10.6 Å². The minimum Gasteiger partial charge on any atom is -0.450 e. The van der Waals surface area contributed by atoms with Crippen LogP contribution in [0.5, 0.6) is 0 Å². The first-order valence-corrected chi connectivity index (χ1v) is 10.8. The topological polar surface area (TPSA) is 72.7 Å². The summed E-state index contributed by atoms with van der Waals surface area (Å²) in [6.07, 6.45) is 4.14. The molecule has 0 saturated carbocycles. The fourth-order valence-corrected chi connectivity index (χ4v) is 5.43. The molecule has 3 aliphatic rings. The lowest BCUT2D eigenvalue weighted by molar-refractivity contribution is 0.0396. The molecule has 0 aromatic carbocycles. The number of amides is 1. The van der Waals surface area contributed by atoms with E-state index in [0.29, 0.717) is 30.3 Å². The summed E-state index contributed by atoms with van der Waals surface area (Å²) in [6.45, 7) is 10.0. The number of carbonyl (C=O) groups excluding carboxylic acids is 1. The average molecular weight is 398 g/mol. The van der Waals surface area contributed by atoms with E-state index >= 15 is 0 Å². The number of nitriles is 1. The Kier molecular flexibility index (Phi) is 5.64. The third-order valence-electron chi connectivity index (χ3n) is 6.75. The van der Waals surface area contributed by atoms with Gasteiger partial charge in [0.15, 0.2) is 0 Å². The number of anilines is 1. The smallest absolute Gasteiger partial charge is 0.410 e. The SMILES string of the molecule is CCOC(=O)N1C2CCC1CC(N1CCN(c3nc(C)cc(C)c3C#N)CC1)C2. The number of nitrogens with zero attached hydrogens (tertiary/aromatic N) is 5.